The van der Waals surface area contributed by atoms with E-state index in [-0.39, 0.29) is 11.3 Å². The van der Waals surface area contributed by atoms with E-state index in [1.54, 1.807) is 0 Å². The summed E-state index contributed by atoms with van der Waals surface area (Å²) in [7, 11) is 2.15. The van der Waals surface area contributed by atoms with E-state index >= 15 is 0 Å². The van der Waals surface area contributed by atoms with Crippen LogP contribution in [-0.2, 0) is 10.2 Å². The largest absolute Gasteiger partial charge is 0.326 e. The Morgan fingerprint density at radius 1 is 1.24 bits per heavy atom. The average molecular weight is 230 g/mol. The standard InChI is InChI=1S/C14H18N2O/c1-16-8-6-14(7-9-16)10-13(17)15-12-5-3-2-4-11(12)14/h2-5H,6-10H2,1H3,(H,15,17). The average Bonchev–Trinajstić information content (AvgIpc) is 2.33. The van der Waals surface area contributed by atoms with Crippen molar-refractivity contribution in [2.24, 2.45) is 0 Å². The third-order valence-corrected chi connectivity index (χ3v) is 4.22. The summed E-state index contributed by atoms with van der Waals surface area (Å²) in [6.07, 6.45) is 2.83. The second-order valence-corrected chi connectivity index (χ2v) is 5.35. The van der Waals surface area contributed by atoms with E-state index in [1.165, 1.54) is 5.56 Å². The molecule has 3 rings (SSSR count). The Labute approximate surface area is 102 Å². The van der Waals surface area contributed by atoms with E-state index in [0.29, 0.717) is 6.42 Å². The fourth-order valence-corrected chi connectivity index (χ4v) is 3.14. The van der Waals surface area contributed by atoms with Gasteiger partial charge in [0.1, 0.15) is 0 Å². The van der Waals surface area contributed by atoms with E-state index in [0.717, 1.165) is 31.6 Å². The number of nitrogens with one attached hydrogen (secondary N) is 1. The summed E-state index contributed by atoms with van der Waals surface area (Å²) in [6.45, 7) is 2.17. The Balaban J connectivity index is 2.02. The minimum Gasteiger partial charge on any atom is -0.326 e. The quantitative estimate of drug-likeness (QED) is 0.739. The summed E-state index contributed by atoms with van der Waals surface area (Å²) >= 11 is 0. The lowest BCUT2D eigenvalue weighted by atomic mass is 9.68. The van der Waals surface area contributed by atoms with Gasteiger partial charge in [0.2, 0.25) is 5.91 Å². The number of anilines is 1. The van der Waals surface area contributed by atoms with Gasteiger partial charge in [-0.15, -0.1) is 0 Å². The van der Waals surface area contributed by atoms with Crippen LogP contribution in [0.2, 0.25) is 0 Å². The van der Waals surface area contributed by atoms with Gasteiger partial charge in [-0.1, -0.05) is 18.2 Å². The highest BCUT2D eigenvalue weighted by Gasteiger charge is 2.41. The van der Waals surface area contributed by atoms with E-state index in [1.807, 2.05) is 12.1 Å². The summed E-state index contributed by atoms with van der Waals surface area (Å²) in [5, 5.41) is 2.99. The van der Waals surface area contributed by atoms with Crippen molar-refractivity contribution in [1.29, 1.82) is 0 Å². The zero-order valence-corrected chi connectivity index (χ0v) is 10.2. The van der Waals surface area contributed by atoms with Gasteiger partial charge in [-0.3, -0.25) is 4.79 Å². The van der Waals surface area contributed by atoms with Crippen molar-refractivity contribution in [2.45, 2.75) is 24.7 Å². The van der Waals surface area contributed by atoms with Gasteiger partial charge in [-0.2, -0.15) is 0 Å². The number of fused-ring (bicyclic) bond motifs is 2. The molecule has 2 heterocycles. The number of amides is 1. The van der Waals surface area contributed by atoms with Gasteiger partial charge in [0, 0.05) is 17.5 Å². The highest BCUT2D eigenvalue weighted by molar-refractivity contribution is 5.95. The lowest BCUT2D eigenvalue weighted by molar-refractivity contribution is -0.118. The number of para-hydroxylation sites is 1. The molecule has 1 aromatic rings. The predicted molar refractivity (Wildman–Crippen MR) is 68.1 cm³/mol. The maximum atomic E-state index is 11.9. The van der Waals surface area contributed by atoms with Crippen LogP contribution in [-0.4, -0.2) is 30.9 Å². The number of rotatable bonds is 0. The first-order chi connectivity index (χ1) is 8.20. The van der Waals surface area contributed by atoms with Crippen LogP contribution in [0.1, 0.15) is 24.8 Å². The molecule has 0 saturated carbocycles. The lowest BCUT2D eigenvalue weighted by Crippen LogP contribution is -2.45. The van der Waals surface area contributed by atoms with Crippen LogP contribution in [0.25, 0.3) is 0 Å². The Morgan fingerprint density at radius 3 is 2.71 bits per heavy atom. The van der Waals surface area contributed by atoms with Gasteiger partial charge >= 0.3 is 0 Å². The van der Waals surface area contributed by atoms with Gasteiger partial charge in [-0.05, 0) is 44.6 Å². The SMILES string of the molecule is CN1CCC2(CC1)CC(=O)Nc1ccccc12. The summed E-state index contributed by atoms with van der Waals surface area (Å²) in [5.41, 5.74) is 2.45. The second-order valence-electron chi connectivity index (χ2n) is 5.35. The Bertz CT molecular complexity index is 447. The van der Waals surface area contributed by atoms with Crippen LogP contribution in [0, 0.1) is 0 Å². The molecule has 3 heteroatoms. The first-order valence-electron chi connectivity index (χ1n) is 6.28. The van der Waals surface area contributed by atoms with Gasteiger partial charge < -0.3 is 10.2 Å². The Kier molecular flexibility index (Phi) is 2.44. The first kappa shape index (κ1) is 10.8. The Morgan fingerprint density at radius 2 is 1.94 bits per heavy atom. The van der Waals surface area contributed by atoms with Gasteiger partial charge in [0.05, 0.1) is 0 Å². The van der Waals surface area contributed by atoms with E-state index in [4.69, 9.17) is 0 Å². The third kappa shape index (κ3) is 1.75. The van der Waals surface area contributed by atoms with Crippen LogP contribution >= 0.6 is 0 Å². The predicted octanol–water partition coefficient (Wildman–Crippen LogP) is 1.99. The van der Waals surface area contributed by atoms with Crippen LogP contribution in [0.4, 0.5) is 5.69 Å². The first-order valence-corrected chi connectivity index (χ1v) is 6.28. The summed E-state index contributed by atoms with van der Waals surface area (Å²) in [4.78, 5) is 14.2. The van der Waals surface area contributed by atoms with Gasteiger partial charge in [-0.25, -0.2) is 0 Å². The molecule has 2 aliphatic rings. The smallest absolute Gasteiger partial charge is 0.225 e. The monoisotopic (exact) mass is 230 g/mol. The van der Waals surface area contributed by atoms with Crippen molar-refractivity contribution in [1.82, 2.24) is 4.90 Å². The molecule has 1 aromatic carbocycles. The zero-order chi connectivity index (χ0) is 11.9. The summed E-state index contributed by atoms with van der Waals surface area (Å²) in [5.74, 6) is 0.174. The topological polar surface area (TPSA) is 32.3 Å². The summed E-state index contributed by atoms with van der Waals surface area (Å²) in [6, 6.07) is 8.27. The molecule has 1 amide bonds. The van der Waals surface area contributed by atoms with Crippen LogP contribution < -0.4 is 5.32 Å². The molecule has 2 aliphatic heterocycles. The fraction of sp³-hybridized carbons (Fsp3) is 0.500. The van der Waals surface area contributed by atoms with Crippen LogP contribution in [0.3, 0.4) is 0 Å². The van der Waals surface area contributed by atoms with Crippen molar-refractivity contribution >= 4 is 11.6 Å². The minimum atomic E-state index is 0.0887. The van der Waals surface area contributed by atoms with Gasteiger partial charge in [0.25, 0.3) is 0 Å². The molecule has 0 aliphatic carbocycles. The number of carbonyl (C=O) groups is 1. The maximum Gasteiger partial charge on any atom is 0.225 e. The molecule has 1 fully saturated rings. The molecule has 0 atom stereocenters. The lowest BCUT2D eigenvalue weighted by Gasteiger charge is -2.44. The minimum absolute atomic E-state index is 0.0887. The molecule has 1 saturated heterocycles. The zero-order valence-electron chi connectivity index (χ0n) is 10.2. The molecule has 3 nitrogen and oxygen atoms in total. The molecule has 0 radical (unpaired) electrons. The maximum absolute atomic E-state index is 11.9. The molecule has 1 spiro atoms. The number of carbonyl (C=O) groups excluding carboxylic acids is 1. The van der Waals surface area contributed by atoms with Crippen molar-refractivity contribution < 1.29 is 4.79 Å². The number of likely N-dealkylation sites (tertiary alicyclic amines) is 1. The molecule has 0 bridgehead atoms. The Hall–Kier alpha value is -1.35. The highest BCUT2D eigenvalue weighted by Crippen LogP contribution is 2.44. The van der Waals surface area contributed by atoms with E-state index in [9.17, 15) is 4.79 Å². The third-order valence-electron chi connectivity index (χ3n) is 4.22. The molecular formula is C14H18N2O. The molecular weight excluding hydrogens is 212 g/mol. The fourth-order valence-electron chi connectivity index (χ4n) is 3.14. The normalized spacial score (nSPS) is 23.2. The van der Waals surface area contributed by atoms with Crippen molar-refractivity contribution in [3.8, 4) is 0 Å². The molecule has 90 valence electrons. The number of hydrogen-bond donors (Lipinski definition) is 1. The van der Waals surface area contributed by atoms with Gasteiger partial charge in [0.15, 0.2) is 0 Å². The summed E-state index contributed by atoms with van der Waals surface area (Å²) < 4.78 is 0. The molecule has 1 N–H and O–H groups in total. The number of benzene rings is 1. The molecule has 17 heavy (non-hydrogen) atoms. The second kappa shape index (κ2) is 3.84. The number of hydrogen-bond acceptors (Lipinski definition) is 2. The molecule has 0 unspecified atom stereocenters. The number of piperidine rings is 1. The van der Waals surface area contributed by atoms with Crippen LogP contribution in [0.15, 0.2) is 24.3 Å². The van der Waals surface area contributed by atoms with Crippen molar-refractivity contribution in [3.05, 3.63) is 29.8 Å². The van der Waals surface area contributed by atoms with Crippen molar-refractivity contribution in [3.63, 3.8) is 0 Å². The van der Waals surface area contributed by atoms with Crippen LogP contribution in [0.5, 0.6) is 0 Å². The van der Waals surface area contributed by atoms with Crippen molar-refractivity contribution in [2.75, 3.05) is 25.5 Å². The van der Waals surface area contributed by atoms with E-state index in [2.05, 4.69) is 29.4 Å². The molecule has 0 aromatic heterocycles. The highest BCUT2D eigenvalue weighted by atomic mass is 16.1. The van der Waals surface area contributed by atoms with E-state index < -0.39 is 0 Å². The number of nitrogens with zero attached hydrogens (tertiary/aromatic N) is 1.